The second kappa shape index (κ2) is 7.36. The van der Waals surface area contributed by atoms with Crippen molar-refractivity contribution in [1.82, 2.24) is 14.5 Å². The number of rotatable bonds is 5. The zero-order chi connectivity index (χ0) is 18.9. The van der Waals surface area contributed by atoms with Crippen LogP contribution in [0.25, 0.3) is 11.0 Å². The van der Waals surface area contributed by atoms with Crippen LogP contribution in [0.5, 0.6) is 0 Å². The van der Waals surface area contributed by atoms with Gasteiger partial charge in [0.1, 0.15) is 18.1 Å². The lowest BCUT2D eigenvalue weighted by molar-refractivity contribution is -0.136. The van der Waals surface area contributed by atoms with Crippen molar-refractivity contribution in [2.45, 2.75) is 38.1 Å². The Hall–Kier alpha value is -1.93. The Bertz CT molecular complexity index is 906. The second-order valence-electron chi connectivity index (χ2n) is 7.18. The van der Waals surface area contributed by atoms with E-state index in [1.54, 1.807) is 4.57 Å². The Morgan fingerprint density at radius 2 is 2.08 bits per heavy atom. The monoisotopic (exact) mass is 378 g/mol. The van der Waals surface area contributed by atoms with E-state index in [0.29, 0.717) is 30.3 Å². The predicted octanol–water partition coefficient (Wildman–Crippen LogP) is 1.17. The van der Waals surface area contributed by atoms with E-state index in [2.05, 4.69) is 11.9 Å². The summed E-state index contributed by atoms with van der Waals surface area (Å²) in [5, 5.41) is 0. The number of sulfone groups is 1. The number of imidazole rings is 1. The molecule has 0 aliphatic carbocycles. The third-order valence-corrected chi connectivity index (χ3v) is 5.88. The van der Waals surface area contributed by atoms with Crippen LogP contribution in [0, 0.1) is 5.92 Å². The van der Waals surface area contributed by atoms with E-state index < -0.39 is 9.84 Å². The van der Waals surface area contributed by atoms with Crippen LogP contribution in [0.3, 0.4) is 0 Å². The summed E-state index contributed by atoms with van der Waals surface area (Å²) >= 11 is 0. The zero-order valence-corrected chi connectivity index (χ0v) is 16.1. The predicted molar refractivity (Wildman–Crippen MR) is 101 cm³/mol. The number of amides is 1. The van der Waals surface area contributed by atoms with E-state index in [1.807, 2.05) is 29.2 Å². The van der Waals surface area contributed by atoms with Gasteiger partial charge in [0, 0.05) is 25.4 Å². The van der Waals surface area contributed by atoms with Gasteiger partial charge >= 0.3 is 0 Å². The molecule has 7 nitrogen and oxygen atoms in total. The first kappa shape index (κ1) is 18.8. The maximum Gasteiger partial charge on any atom is 0.242 e. The first-order valence-corrected chi connectivity index (χ1v) is 11.0. The quantitative estimate of drug-likeness (QED) is 0.842. The Morgan fingerprint density at radius 3 is 2.77 bits per heavy atom. The second-order valence-corrected chi connectivity index (χ2v) is 9.32. The van der Waals surface area contributed by atoms with Crippen LogP contribution in [0.15, 0.2) is 24.3 Å². The minimum atomic E-state index is -3.26. The van der Waals surface area contributed by atoms with E-state index in [9.17, 15) is 13.2 Å². The first-order valence-electron chi connectivity index (χ1n) is 8.91. The number of nitrogens with two attached hydrogens (primary N) is 1. The average molecular weight is 378 g/mol. The van der Waals surface area contributed by atoms with Crippen LogP contribution in [-0.2, 0) is 26.9 Å². The molecule has 2 N–H and O–H groups in total. The van der Waals surface area contributed by atoms with E-state index >= 15 is 0 Å². The lowest BCUT2D eigenvalue weighted by Gasteiger charge is -2.39. The van der Waals surface area contributed by atoms with Crippen molar-refractivity contribution in [3.63, 3.8) is 0 Å². The van der Waals surface area contributed by atoms with Gasteiger partial charge in [-0.3, -0.25) is 4.79 Å². The molecule has 142 valence electrons. The largest absolute Gasteiger partial charge is 0.337 e. The highest BCUT2D eigenvalue weighted by Crippen LogP contribution is 2.24. The molecule has 0 spiro atoms. The van der Waals surface area contributed by atoms with Crippen LogP contribution in [0.4, 0.5) is 0 Å². The van der Waals surface area contributed by atoms with Crippen molar-refractivity contribution in [1.29, 1.82) is 0 Å². The highest BCUT2D eigenvalue weighted by atomic mass is 32.2. The Balaban J connectivity index is 1.94. The molecule has 2 heterocycles. The molecule has 0 saturated carbocycles. The molecule has 26 heavy (non-hydrogen) atoms. The number of carbonyl (C=O) groups excluding carboxylic acids is 1. The van der Waals surface area contributed by atoms with Gasteiger partial charge in [-0.2, -0.15) is 0 Å². The van der Waals surface area contributed by atoms with Crippen molar-refractivity contribution in [2.24, 2.45) is 11.7 Å². The third kappa shape index (κ3) is 3.91. The van der Waals surface area contributed by atoms with Crippen molar-refractivity contribution >= 4 is 26.8 Å². The number of hydrogen-bond acceptors (Lipinski definition) is 5. The fourth-order valence-electron chi connectivity index (χ4n) is 3.79. The first-order chi connectivity index (χ1) is 12.3. The summed E-state index contributed by atoms with van der Waals surface area (Å²) in [6.07, 6.45) is 3.21. The SMILES string of the molecule is C[C@H]1CCCN(C(=O)Cn2c(CS(C)(=O)=O)nc3ccccc32)[C@H]1CN. The molecule has 1 aliphatic rings. The lowest BCUT2D eigenvalue weighted by atomic mass is 9.91. The summed E-state index contributed by atoms with van der Waals surface area (Å²) in [4.78, 5) is 19.3. The molecule has 1 fully saturated rings. The highest BCUT2D eigenvalue weighted by Gasteiger charge is 2.31. The molecule has 3 rings (SSSR count). The number of piperidine rings is 1. The number of aromatic nitrogens is 2. The highest BCUT2D eigenvalue weighted by molar-refractivity contribution is 7.89. The fourth-order valence-corrected chi connectivity index (χ4v) is 4.48. The lowest BCUT2D eigenvalue weighted by Crippen LogP contribution is -2.52. The Labute approximate surface area is 154 Å². The maximum atomic E-state index is 13.0. The maximum absolute atomic E-state index is 13.0. The van der Waals surface area contributed by atoms with E-state index in [1.165, 1.54) is 6.26 Å². The molecular weight excluding hydrogens is 352 g/mol. The van der Waals surface area contributed by atoms with Crippen LogP contribution < -0.4 is 5.73 Å². The number of likely N-dealkylation sites (tertiary alicyclic amines) is 1. The third-order valence-electron chi connectivity index (χ3n) is 5.10. The Morgan fingerprint density at radius 1 is 1.35 bits per heavy atom. The molecule has 0 unspecified atom stereocenters. The van der Waals surface area contributed by atoms with Crippen LogP contribution >= 0.6 is 0 Å². The molecule has 8 heteroatoms. The normalized spacial score (nSPS) is 21.3. The van der Waals surface area contributed by atoms with Gasteiger partial charge in [-0.25, -0.2) is 13.4 Å². The molecule has 1 aliphatic heterocycles. The molecule has 2 atom stereocenters. The smallest absolute Gasteiger partial charge is 0.242 e. The van der Waals surface area contributed by atoms with E-state index in [-0.39, 0.29) is 24.2 Å². The number of para-hydroxylation sites is 2. The number of fused-ring (bicyclic) bond motifs is 1. The number of benzene rings is 1. The zero-order valence-electron chi connectivity index (χ0n) is 15.3. The van der Waals surface area contributed by atoms with E-state index in [0.717, 1.165) is 18.4 Å². The summed E-state index contributed by atoms with van der Waals surface area (Å²) in [6, 6.07) is 7.43. The van der Waals surface area contributed by atoms with Gasteiger partial charge in [0.05, 0.1) is 11.0 Å². The van der Waals surface area contributed by atoms with Gasteiger partial charge in [-0.05, 0) is 30.9 Å². The fraction of sp³-hybridized carbons (Fsp3) is 0.556. The van der Waals surface area contributed by atoms with Gasteiger partial charge in [-0.1, -0.05) is 19.1 Å². The molecule has 2 aromatic rings. The average Bonchev–Trinajstić information content (AvgIpc) is 2.90. The molecule has 1 saturated heterocycles. The molecule has 1 amide bonds. The topological polar surface area (TPSA) is 98.3 Å². The van der Waals surface area contributed by atoms with Gasteiger partial charge in [-0.15, -0.1) is 0 Å². The van der Waals surface area contributed by atoms with Crippen molar-refractivity contribution in [3.05, 3.63) is 30.1 Å². The van der Waals surface area contributed by atoms with Gasteiger partial charge in [0.25, 0.3) is 0 Å². The molecular formula is C18H26N4O3S. The van der Waals surface area contributed by atoms with Crippen molar-refractivity contribution in [2.75, 3.05) is 19.3 Å². The minimum absolute atomic E-state index is 0.0318. The number of nitrogens with zero attached hydrogens (tertiary/aromatic N) is 3. The van der Waals surface area contributed by atoms with Gasteiger partial charge < -0.3 is 15.2 Å². The van der Waals surface area contributed by atoms with Crippen LogP contribution in [-0.4, -0.2) is 54.2 Å². The number of hydrogen-bond donors (Lipinski definition) is 1. The van der Waals surface area contributed by atoms with E-state index in [4.69, 9.17) is 5.73 Å². The molecule has 0 bridgehead atoms. The molecule has 1 aromatic carbocycles. The summed E-state index contributed by atoms with van der Waals surface area (Å²) in [6.45, 7) is 3.33. The van der Waals surface area contributed by atoms with Gasteiger partial charge in [0.2, 0.25) is 5.91 Å². The minimum Gasteiger partial charge on any atom is -0.337 e. The Kier molecular flexibility index (Phi) is 5.34. The van der Waals surface area contributed by atoms with Gasteiger partial charge in [0.15, 0.2) is 9.84 Å². The molecule has 1 aromatic heterocycles. The summed E-state index contributed by atoms with van der Waals surface area (Å²) in [7, 11) is -3.26. The molecule has 0 radical (unpaired) electrons. The van der Waals surface area contributed by atoms with Crippen LogP contribution in [0.2, 0.25) is 0 Å². The summed E-state index contributed by atoms with van der Waals surface area (Å²) in [5.41, 5.74) is 7.37. The standard InChI is InChI=1S/C18H26N4O3S/c1-13-6-5-9-21(16(13)10-19)18(23)11-22-15-8-4-3-7-14(15)20-17(22)12-26(2,24)25/h3-4,7-8,13,16H,5-6,9-12,19H2,1-2H3/t13-,16-/m0/s1. The van der Waals surface area contributed by atoms with Crippen molar-refractivity contribution in [3.8, 4) is 0 Å². The summed E-state index contributed by atoms with van der Waals surface area (Å²) < 4.78 is 25.3. The van der Waals surface area contributed by atoms with Crippen LogP contribution in [0.1, 0.15) is 25.6 Å². The van der Waals surface area contributed by atoms with Crippen molar-refractivity contribution < 1.29 is 13.2 Å². The summed E-state index contributed by atoms with van der Waals surface area (Å²) in [5.74, 6) is 0.542. The number of carbonyl (C=O) groups is 1.